The quantitative estimate of drug-likeness (QED) is 0.866. The van der Waals surface area contributed by atoms with E-state index in [9.17, 15) is 4.79 Å². The molecule has 4 nitrogen and oxygen atoms in total. The van der Waals surface area contributed by atoms with Gasteiger partial charge in [0.05, 0.1) is 5.56 Å². The number of carbonyl (C=O) groups excluding carboxylic acids is 1. The van der Waals surface area contributed by atoms with Crippen LogP contribution in [0.5, 0.6) is 0 Å². The van der Waals surface area contributed by atoms with Gasteiger partial charge < -0.3 is 10.6 Å². The summed E-state index contributed by atoms with van der Waals surface area (Å²) in [4.78, 5) is 16.4. The molecule has 2 rings (SSSR count). The Morgan fingerprint density at radius 3 is 2.61 bits per heavy atom. The minimum Gasteiger partial charge on any atom is -0.372 e. The molecular weight excluding hydrogens is 226 g/mol. The number of hydrogen-bond donors (Lipinski definition) is 2. The number of anilines is 2. The van der Waals surface area contributed by atoms with Crippen LogP contribution in [-0.4, -0.2) is 17.9 Å². The van der Waals surface area contributed by atoms with Gasteiger partial charge in [0.2, 0.25) is 0 Å². The summed E-state index contributed by atoms with van der Waals surface area (Å²) in [6.07, 6.45) is 0. The van der Waals surface area contributed by atoms with Crippen molar-refractivity contribution in [3.63, 3.8) is 0 Å². The molecule has 1 aromatic carbocycles. The molecule has 0 saturated heterocycles. The summed E-state index contributed by atoms with van der Waals surface area (Å²) >= 11 is 0. The van der Waals surface area contributed by atoms with Crippen molar-refractivity contribution in [1.82, 2.24) is 4.98 Å². The fourth-order valence-electron chi connectivity index (χ4n) is 1.60. The van der Waals surface area contributed by atoms with Crippen LogP contribution in [0.4, 0.5) is 11.5 Å². The molecular formula is C14H14N3O. The molecule has 0 atom stereocenters. The van der Waals surface area contributed by atoms with Crippen LogP contribution in [0.1, 0.15) is 16.1 Å². The lowest BCUT2D eigenvalue weighted by Gasteiger charge is -2.09. The number of aryl methyl sites for hydroxylation is 1. The summed E-state index contributed by atoms with van der Waals surface area (Å²) in [5.41, 5.74) is 2.13. The van der Waals surface area contributed by atoms with Crippen LogP contribution in [0.2, 0.25) is 0 Å². The second-order valence-corrected chi connectivity index (χ2v) is 3.84. The van der Waals surface area contributed by atoms with E-state index in [1.165, 1.54) is 0 Å². The highest BCUT2D eigenvalue weighted by Crippen LogP contribution is 2.15. The van der Waals surface area contributed by atoms with Crippen molar-refractivity contribution in [2.75, 3.05) is 17.7 Å². The number of amides is 1. The topological polar surface area (TPSA) is 54.0 Å². The second kappa shape index (κ2) is 5.31. The summed E-state index contributed by atoms with van der Waals surface area (Å²) in [7, 11) is 1.75. The van der Waals surface area contributed by atoms with Gasteiger partial charge in [-0.25, -0.2) is 4.98 Å². The lowest BCUT2D eigenvalue weighted by molar-refractivity contribution is 0.102. The summed E-state index contributed by atoms with van der Waals surface area (Å²) in [6, 6.07) is 13.6. The Morgan fingerprint density at radius 1 is 1.22 bits per heavy atom. The summed E-state index contributed by atoms with van der Waals surface area (Å²) < 4.78 is 0. The molecule has 1 aromatic heterocycles. The van der Waals surface area contributed by atoms with Crippen molar-refractivity contribution in [2.45, 2.75) is 6.92 Å². The molecule has 0 bridgehead atoms. The molecule has 2 N–H and O–H groups in total. The van der Waals surface area contributed by atoms with Gasteiger partial charge in [0, 0.05) is 18.4 Å². The van der Waals surface area contributed by atoms with E-state index in [1.807, 2.05) is 13.0 Å². The largest absolute Gasteiger partial charge is 0.372 e. The zero-order valence-electron chi connectivity index (χ0n) is 10.3. The maximum atomic E-state index is 12.1. The van der Waals surface area contributed by atoms with E-state index in [4.69, 9.17) is 0 Å². The first kappa shape index (κ1) is 12.1. The fraction of sp³-hybridized carbons (Fsp3) is 0.143. The number of benzene rings is 1. The first-order valence-corrected chi connectivity index (χ1v) is 5.63. The van der Waals surface area contributed by atoms with E-state index < -0.39 is 0 Å². The van der Waals surface area contributed by atoms with E-state index in [2.05, 4.69) is 21.7 Å². The monoisotopic (exact) mass is 240 g/mol. The van der Waals surface area contributed by atoms with Gasteiger partial charge in [-0.2, -0.15) is 0 Å². The number of carbonyl (C=O) groups is 1. The summed E-state index contributed by atoms with van der Waals surface area (Å²) in [6.45, 7) is 1.88. The minimum absolute atomic E-state index is 0.182. The molecule has 0 aliphatic rings. The maximum Gasteiger partial charge on any atom is 0.259 e. The Balaban J connectivity index is 2.24. The van der Waals surface area contributed by atoms with Crippen LogP contribution in [-0.2, 0) is 0 Å². The zero-order valence-corrected chi connectivity index (χ0v) is 10.3. The van der Waals surface area contributed by atoms with E-state index in [0.29, 0.717) is 11.4 Å². The van der Waals surface area contributed by atoms with Gasteiger partial charge in [-0.1, -0.05) is 12.1 Å². The van der Waals surface area contributed by atoms with Crippen molar-refractivity contribution < 1.29 is 4.79 Å². The number of aromatic nitrogens is 1. The van der Waals surface area contributed by atoms with Crippen molar-refractivity contribution in [2.24, 2.45) is 0 Å². The number of rotatable bonds is 3. The highest BCUT2D eigenvalue weighted by Gasteiger charge is 2.12. The maximum absolute atomic E-state index is 12.1. The van der Waals surface area contributed by atoms with Crippen molar-refractivity contribution in [1.29, 1.82) is 0 Å². The standard InChI is InChI=1S/C14H14N3O/c1-10-8-9-12(13(15-2)16-10)14(18)17-11-6-4-3-5-7-11/h4-9H,1-2H3,(H,15,16)(H,17,18). The molecule has 1 radical (unpaired) electrons. The average molecular weight is 240 g/mol. The minimum atomic E-state index is -0.182. The Kier molecular flexibility index (Phi) is 3.57. The lowest BCUT2D eigenvalue weighted by Crippen LogP contribution is -2.15. The van der Waals surface area contributed by atoms with Crippen LogP contribution in [0.25, 0.3) is 0 Å². The first-order chi connectivity index (χ1) is 8.70. The van der Waals surface area contributed by atoms with Crippen LogP contribution >= 0.6 is 0 Å². The molecule has 2 aromatic rings. The highest BCUT2D eigenvalue weighted by atomic mass is 16.1. The van der Waals surface area contributed by atoms with Crippen LogP contribution in [0, 0.1) is 13.0 Å². The molecule has 1 amide bonds. The Hall–Kier alpha value is -2.36. The predicted molar refractivity (Wildman–Crippen MR) is 71.8 cm³/mol. The summed E-state index contributed by atoms with van der Waals surface area (Å²) in [5, 5.41) is 5.74. The zero-order chi connectivity index (χ0) is 13.0. The Bertz CT molecular complexity index is 552. The van der Waals surface area contributed by atoms with E-state index in [1.54, 1.807) is 37.4 Å². The first-order valence-electron chi connectivity index (χ1n) is 5.63. The van der Waals surface area contributed by atoms with Crippen LogP contribution in [0.15, 0.2) is 36.4 Å². The van der Waals surface area contributed by atoms with Crippen molar-refractivity contribution >= 4 is 17.4 Å². The van der Waals surface area contributed by atoms with Gasteiger partial charge >= 0.3 is 0 Å². The molecule has 18 heavy (non-hydrogen) atoms. The van der Waals surface area contributed by atoms with Gasteiger partial charge in [-0.05, 0) is 37.3 Å². The van der Waals surface area contributed by atoms with Gasteiger partial charge in [0.15, 0.2) is 0 Å². The van der Waals surface area contributed by atoms with Gasteiger partial charge in [-0.3, -0.25) is 4.79 Å². The number of hydrogen-bond acceptors (Lipinski definition) is 3. The van der Waals surface area contributed by atoms with Gasteiger partial charge in [-0.15, -0.1) is 0 Å². The summed E-state index contributed by atoms with van der Waals surface area (Å²) in [5.74, 6) is 0.396. The molecule has 4 heteroatoms. The molecule has 0 saturated carbocycles. The second-order valence-electron chi connectivity index (χ2n) is 3.84. The lowest BCUT2D eigenvalue weighted by atomic mass is 10.2. The normalized spacial score (nSPS) is 9.89. The van der Waals surface area contributed by atoms with Gasteiger partial charge in [0.1, 0.15) is 5.82 Å². The predicted octanol–water partition coefficient (Wildman–Crippen LogP) is 2.48. The van der Waals surface area contributed by atoms with Crippen LogP contribution < -0.4 is 10.6 Å². The number of nitrogens with one attached hydrogen (secondary N) is 2. The van der Waals surface area contributed by atoms with Crippen molar-refractivity contribution in [3.05, 3.63) is 53.7 Å². The molecule has 0 aliphatic heterocycles. The highest BCUT2D eigenvalue weighted by molar-refractivity contribution is 6.07. The third-order valence-electron chi connectivity index (χ3n) is 2.49. The molecule has 91 valence electrons. The Labute approximate surface area is 106 Å². The molecule has 0 spiro atoms. The smallest absolute Gasteiger partial charge is 0.259 e. The van der Waals surface area contributed by atoms with Crippen LogP contribution in [0.3, 0.4) is 0 Å². The van der Waals surface area contributed by atoms with E-state index in [-0.39, 0.29) is 5.91 Å². The van der Waals surface area contributed by atoms with E-state index in [0.717, 1.165) is 11.4 Å². The third kappa shape index (κ3) is 2.66. The Morgan fingerprint density at radius 2 is 1.94 bits per heavy atom. The molecule has 1 heterocycles. The SMILES string of the molecule is CNc1nc(C)ccc1C(=O)Nc1cc[c]cc1. The van der Waals surface area contributed by atoms with Crippen molar-refractivity contribution in [3.8, 4) is 0 Å². The molecule has 0 fully saturated rings. The molecule has 0 unspecified atom stereocenters. The fourth-order valence-corrected chi connectivity index (χ4v) is 1.60. The molecule has 0 aliphatic carbocycles. The average Bonchev–Trinajstić information content (AvgIpc) is 2.39. The third-order valence-corrected chi connectivity index (χ3v) is 2.49. The van der Waals surface area contributed by atoms with E-state index >= 15 is 0 Å². The van der Waals surface area contributed by atoms with Gasteiger partial charge in [0.25, 0.3) is 5.91 Å². The number of pyridine rings is 1. The number of nitrogens with zero attached hydrogens (tertiary/aromatic N) is 1.